The molecule has 1 heterocycles. The minimum atomic E-state index is -0.518. The van der Waals surface area contributed by atoms with Crippen LogP contribution < -0.4 is 0 Å². The summed E-state index contributed by atoms with van der Waals surface area (Å²) in [5.41, 5.74) is 0.799. The zero-order chi connectivity index (χ0) is 13.1. The fourth-order valence-electron chi connectivity index (χ4n) is 1.40. The molecule has 0 amide bonds. The van der Waals surface area contributed by atoms with Crippen LogP contribution in [-0.4, -0.2) is 10.1 Å². The van der Waals surface area contributed by atoms with Crippen molar-refractivity contribution < 1.29 is 5.11 Å². The number of benzene rings is 1. The highest BCUT2D eigenvalue weighted by Crippen LogP contribution is 2.34. The Balaban J connectivity index is 2.22. The fourth-order valence-corrected chi connectivity index (χ4v) is 2.57. The van der Waals surface area contributed by atoms with Crippen molar-refractivity contribution in [1.82, 2.24) is 4.98 Å². The third-order valence-corrected chi connectivity index (χ3v) is 4.03. The van der Waals surface area contributed by atoms with Crippen LogP contribution >= 0.6 is 35.0 Å². The molecule has 2 nitrogen and oxygen atoms in total. The van der Waals surface area contributed by atoms with Gasteiger partial charge in [-0.1, -0.05) is 41.0 Å². The lowest BCUT2D eigenvalue weighted by Gasteiger charge is -2.08. The van der Waals surface area contributed by atoms with Gasteiger partial charge < -0.3 is 5.11 Å². The van der Waals surface area contributed by atoms with E-state index in [1.54, 1.807) is 25.3 Å². The van der Waals surface area contributed by atoms with E-state index in [9.17, 15) is 5.11 Å². The minimum Gasteiger partial charge on any atom is -0.389 e. The van der Waals surface area contributed by atoms with Crippen molar-refractivity contribution in [2.24, 2.45) is 0 Å². The number of aliphatic hydroxyl groups is 1. The summed E-state index contributed by atoms with van der Waals surface area (Å²) < 4.78 is 0. The summed E-state index contributed by atoms with van der Waals surface area (Å²) in [7, 11) is 0. The lowest BCUT2D eigenvalue weighted by Crippen LogP contribution is -1.91. The molecule has 1 aromatic heterocycles. The summed E-state index contributed by atoms with van der Waals surface area (Å²) in [5.74, 6) is 0. The summed E-state index contributed by atoms with van der Waals surface area (Å²) in [6.07, 6.45) is 1.08. The zero-order valence-corrected chi connectivity index (χ0v) is 11.9. The summed E-state index contributed by atoms with van der Waals surface area (Å²) in [6.45, 7) is 1.71. The van der Waals surface area contributed by atoms with Gasteiger partial charge in [0, 0.05) is 11.1 Å². The number of rotatable bonds is 3. The molecule has 0 fully saturated rings. The molecule has 1 aromatic carbocycles. The van der Waals surface area contributed by atoms with E-state index >= 15 is 0 Å². The summed E-state index contributed by atoms with van der Waals surface area (Å²) in [4.78, 5) is 5.09. The van der Waals surface area contributed by atoms with E-state index in [-0.39, 0.29) is 0 Å². The second kappa shape index (κ2) is 5.93. The largest absolute Gasteiger partial charge is 0.389 e. The maximum atomic E-state index is 9.47. The Labute approximate surface area is 120 Å². The molecule has 94 valence electrons. The van der Waals surface area contributed by atoms with Crippen molar-refractivity contribution in [3.05, 3.63) is 52.1 Å². The van der Waals surface area contributed by atoms with Crippen molar-refractivity contribution in [2.75, 3.05) is 0 Å². The second-order valence-electron chi connectivity index (χ2n) is 3.78. The maximum Gasteiger partial charge on any atom is 0.101 e. The average molecular weight is 300 g/mol. The summed E-state index contributed by atoms with van der Waals surface area (Å²) >= 11 is 13.4. The topological polar surface area (TPSA) is 33.1 Å². The van der Waals surface area contributed by atoms with Crippen LogP contribution in [0.5, 0.6) is 0 Å². The highest BCUT2D eigenvalue weighted by atomic mass is 35.5. The molecule has 0 unspecified atom stereocenters. The number of aliphatic hydroxyl groups excluding tert-OH is 1. The third kappa shape index (κ3) is 3.39. The van der Waals surface area contributed by atoms with Gasteiger partial charge in [0.2, 0.25) is 0 Å². The van der Waals surface area contributed by atoms with E-state index in [2.05, 4.69) is 4.98 Å². The Bertz CT molecular complexity index is 543. The number of aromatic nitrogens is 1. The smallest absolute Gasteiger partial charge is 0.101 e. The van der Waals surface area contributed by atoms with Gasteiger partial charge in [0.25, 0.3) is 0 Å². The molecule has 0 spiro atoms. The number of halogens is 2. The van der Waals surface area contributed by atoms with Gasteiger partial charge in [-0.2, -0.15) is 0 Å². The van der Waals surface area contributed by atoms with Gasteiger partial charge in [0.15, 0.2) is 0 Å². The van der Waals surface area contributed by atoms with Gasteiger partial charge in [-0.15, -0.1) is 0 Å². The van der Waals surface area contributed by atoms with Crippen molar-refractivity contribution in [3.8, 4) is 0 Å². The SMILES string of the molecule is C[C@H](O)c1ccc(Sc2ccc(Cl)cn2)c(Cl)c1. The van der Waals surface area contributed by atoms with Crippen LogP contribution in [0.4, 0.5) is 0 Å². The Hall–Kier alpha value is -0.740. The zero-order valence-electron chi connectivity index (χ0n) is 9.60. The number of hydrogen-bond donors (Lipinski definition) is 1. The molecular weight excluding hydrogens is 289 g/mol. The van der Waals surface area contributed by atoms with Crippen molar-refractivity contribution in [3.63, 3.8) is 0 Å². The van der Waals surface area contributed by atoms with E-state index in [1.807, 2.05) is 18.2 Å². The average Bonchev–Trinajstić information content (AvgIpc) is 2.34. The van der Waals surface area contributed by atoms with Gasteiger partial charge in [-0.25, -0.2) is 4.98 Å². The summed E-state index contributed by atoms with van der Waals surface area (Å²) in [5, 5.41) is 11.5. The van der Waals surface area contributed by atoms with E-state index in [4.69, 9.17) is 23.2 Å². The summed E-state index contributed by atoms with van der Waals surface area (Å²) in [6, 6.07) is 9.13. The van der Waals surface area contributed by atoms with Crippen LogP contribution in [-0.2, 0) is 0 Å². The molecule has 0 bridgehead atoms. The first kappa shape index (κ1) is 13.7. The molecule has 0 aliphatic carbocycles. The predicted octanol–water partition coefficient (Wildman–Crippen LogP) is 4.59. The molecule has 2 rings (SSSR count). The minimum absolute atomic E-state index is 0.518. The van der Waals surface area contributed by atoms with Crippen molar-refractivity contribution in [2.45, 2.75) is 22.9 Å². The van der Waals surface area contributed by atoms with Gasteiger partial charge in [0.1, 0.15) is 5.03 Å². The fraction of sp³-hybridized carbons (Fsp3) is 0.154. The molecule has 0 radical (unpaired) electrons. The Kier molecular flexibility index (Phi) is 4.51. The van der Waals surface area contributed by atoms with E-state index < -0.39 is 6.10 Å². The molecule has 2 aromatic rings. The van der Waals surface area contributed by atoms with Gasteiger partial charge in [-0.3, -0.25) is 0 Å². The molecule has 1 atom stereocenters. The second-order valence-corrected chi connectivity index (χ2v) is 5.69. The number of hydrogen-bond acceptors (Lipinski definition) is 3. The van der Waals surface area contributed by atoms with E-state index in [0.29, 0.717) is 10.0 Å². The van der Waals surface area contributed by atoms with Crippen LogP contribution in [0.1, 0.15) is 18.6 Å². The van der Waals surface area contributed by atoms with E-state index in [1.165, 1.54) is 11.8 Å². The highest BCUT2D eigenvalue weighted by Gasteiger charge is 2.07. The van der Waals surface area contributed by atoms with Gasteiger partial charge in [0.05, 0.1) is 16.1 Å². The molecule has 0 aliphatic heterocycles. The highest BCUT2D eigenvalue weighted by molar-refractivity contribution is 7.99. The first-order valence-electron chi connectivity index (χ1n) is 5.33. The molecule has 18 heavy (non-hydrogen) atoms. The van der Waals surface area contributed by atoms with Crippen LogP contribution in [0, 0.1) is 0 Å². The molecule has 0 saturated carbocycles. The molecule has 5 heteroatoms. The Morgan fingerprint density at radius 3 is 2.56 bits per heavy atom. The lowest BCUT2D eigenvalue weighted by molar-refractivity contribution is 0.199. The molecule has 0 aliphatic rings. The Morgan fingerprint density at radius 2 is 2.00 bits per heavy atom. The van der Waals surface area contributed by atoms with Crippen molar-refractivity contribution >= 4 is 35.0 Å². The van der Waals surface area contributed by atoms with Gasteiger partial charge >= 0.3 is 0 Å². The van der Waals surface area contributed by atoms with Crippen LogP contribution in [0.2, 0.25) is 10.0 Å². The molecular formula is C13H11Cl2NOS. The van der Waals surface area contributed by atoms with Crippen LogP contribution in [0.15, 0.2) is 46.5 Å². The third-order valence-electron chi connectivity index (χ3n) is 2.35. The standard InChI is InChI=1S/C13H11Cl2NOS/c1-8(17)9-2-4-12(11(15)6-9)18-13-5-3-10(14)7-16-13/h2-8,17H,1H3/t8-/m0/s1. The number of pyridine rings is 1. The quantitative estimate of drug-likeness (QED) is 0.899. The monoisotopic (exact) mass is 299 g/mol. The van der Waals surface area contributed by atoms with Crippen LogP contribution in [0.25, 0.3) is 0 Å². The molecule has 1 N–H and O–H groups in total. The Morgan fingerprint density at radius 1 is 1.22 bits per heavy atom. The predicted molar refractivity (Wildman–Crippen MR) is 75.5 cm³/mol. The first-order chi connectivity index (χ1) is 8.56. The number of nitrogens with zero attached hydrogens (tertiary/aromatic N) is 1. The van der Waals surface area contributed by atoms with Crippen LogP contribution in [0.3, 0.4) is 0 Å². The molecule has 0 saturated heterocycles. The normalized spacial score (nSPS) is 12.4. The van der Waals surface area contributed by atoms with Gasteiger partial charge in [-0.05, 0) is 36.8 Å². The lowest BCUT2D eigenvalue weighted by atomic mass is 10.1. The first-order valence-corrected chi connectivity index (χ1v) is 6.90. The van der Waals surface area contributed by atoms with E-state index in [0.717, 1.165) is 15.5 Å². The van der Waals surface area contributed by atoms with Crippen molar-refractivity contribution in [1.29, 1.82) is 0 Å². The maximum absolute atomic E-state index is 9.47.